The standard InChI is InChI=1S/C12H11NO5S/c1-6-2-3-7(10(14)15)9(4-6)18-11(16)8-5-19-12(17)13-8/h2-4,8H,5H2,1H3,(H,13,17)(H,14,15). The van der Waals surface area contributed by atoms with Gasteiger partial charge in [-0.05, 0) is 24.6 Å². The summed E-state index contributed by atoms with van der Waals surface area (Å²) in [5, 5.41) is 11.2. The number of amides is 1. The van der Waals surface area contributed by atoms with Gasteiger partial charge in [-0.1, -0.05) is 17.8 Å². The van der Waals surface area contributed by atoms with Crippen LogP contribution in [0.15, 0.2) is 18.2 Å². The van der Waals surface area contributed by atoms with Crippen molar-refractivity contribution in [2.75, 3.05) is 5.75 Å². The van der Waals surface area contributed by atoms with Crippen LogP contribution < -0.4 is 10.1 Å². The average molecular weight is 281 g/mol. The third kappa shape index (κ3) is 3.05. The lowest BCUT2D eigenvalue weighted by Gasteiger charge is -2.11. The number of carboxylic acids is 1. The number of aryl methyl sites for hydroxylation is 1. The number of benzene rings is 1. The number of hydrogen-bond acceptors (Lipinski definition) is 5. The smallest absolute Gasteiger partial charge is 0.339 e. The fourth-order valence-corrected chi connectivity index (χ4v) is 2.34. The van der Waals surface area contributed by atoms with Crippen LogP contribution in [-0.4, -0.2) is 34.1 Å². The monoisotopic (exact) mass is 281 g/mol. The second-order valence-corrected chi connectivity index (χ2v) is 5.01. The van der Waals surface area contributed by atoms with Gasteiger partial charge in [0.15, 0.2) is 0 Å². The first-order valence-corrected chi connectivity index (χ1v) is 6.45. The molecule has 0 aliphatic carbocycles. The molecule has 0 spiro atoms. The molecule has 0 bridgehead atoms. The van der Waals surface area contributed by atoms with Crippen molar-refractivity contribution < 1.29 is 24.2 Å². The number of carboxylic acid groups (broad SMARTS) is 1. The van der Waals surface area contributed by atoms with Crippen molar-refractivity contribution in [3.05, 3.63) is 29.3 Å². The third-order valence-electron chi connectivity index (χ3n) is 2.54. The number of ether oxygens (including phenoxy) is 1. The molecule has 1 aromatic rings. The highest BCUT2D eigenvalue weighted by atomic mass is 32.2. The highest BCUT2D eigenvalue weighted by Gasteiger charge is 2.30. The van der Waals surface area contributed by atoms with Crippen LogP contribution in [0.1, 0.15) is 15.9 Å². The first-order valence-electron chi connectivity index (χ1n) is 5.46. The lowest BCUT2D eigenvalue weighted by molar-refractivity contribution is -0.135. The maximum Gasteiger partial charge on any atom is 0.339 e. The van der Waals surface area contributed by atoms with Crippen molar-refractivity contribution in [3.8, 4) is 5.75 Å². The summed E-state index contributed by atoms with van der Waals surface area (Å²) in [7, 11) is 0. The molecule has 1 aliphatic heterocycles. The van der Waals surface area contributed by atoms with E-state index in [2.05, 4.69) is 5.32 Å². The Balaban J connectivity index is 2.18. The minimum atomic E-state index is -1.17. The van der Waals surface area contributed by atoms with Crippen molar-refractivity contribution in [1.82, 2.24) is 5.32 Å². The van der Waals surface area contributed by atoms with Crippen molar-refractivity contribution in [2.45, 2.75) is 13.0 Å². The minimum absolute atomic E-state index is 0.0105. The molecule has 2 N–H and O–H groups in total. The van der Waals surface area contributed by atoms with Crippen LogP contribution in [0, 0.1) is 6.92 Å². The SMILES string of the molecule is Cc1ccc(C(=O)O)c(OC(=O)C2CSC(=O)N2)c1. The molecule has 100 valence electrons. The Morgan fingerprint density at radius 3 is 2.79 bits per heavy atom. The van der Waals surface area contributed by atoms with Crippen LogP contribution in [-0.2, 0) is 4.79 Å². The summed E-state index contributed by atoms with van der Waals surface area (Å²) in [6.07, 6.45) is 0. The topological polar surface area (TPSA) is 92.7 Å². The van der Waals surface area contributed by atoms with Gasteiger partial charge in [-0.25, -0.2) is 9.59 Å². The number of thioether (sulfide) groups is 1. The number of hydrogen-bond donors (Lipinski definition) is 2. The number of aromatic carboxylic acids is 1. The van der Waals surface area contributed by atoms with Gasteiger partial charge in [0.25, 0.3) is 5.24 Å². The number of rotatable bonds is 3. The van der Waals surface area contributed by atoms with E-state index in [-0.39, 0.29) is 22.3 Å². The molecule has 1 atom stereocenters. The molecule has 2 rings (SSSR count). The van der Waals surface area contributed by atoms with Crippen molar-refractivity contribution in [1.29, 1.82) is 0 Å². The molecule has 0 saturated carbocycles. The van der Waals surface area contributed by atoms with Crippen molar-refractivity contribution >= 4 is 28.9 Å². The second-order valence-electron chi connectivity index (χ2n) is 4.02. The van der Waals surface area contributed by atoms with E-state index in [0.717, 1.165) is 17.3 Å². The summed E-state index contributed by atoms with van der Waals surface area (Å²) in [6, 6.07) is 3.74. The summed E-state index contributed by atoms with van der Waals surface area (Å²) >= 11 is 0.991. The Labute approximate surface area is 113 Å². The van der Waals surface area contributed by atoms with Crippen LogP contribution in [0.25, 0.3) is 0 Å². The fraction of sp³-hybridized carbons (Fsp3) is 0.250. The van der Waals surface area contributed by atoms with Crippen molar-refractivity contribution in [3.63, 3.8) is 0 Å². The summed E-state index contributed by atoms with van der Waals surface area (Å²) in [5.74, 6) is -1.56. The Bertz CT molecular complexity index is 557. The van der Waals surface area contributed by atoms with Crippen LogP contribution in [0.5, 0.6) is 5.75 Å². The molecule has 6 nitrogen and oxygen atoms in total. The van der Waals surface area contributed by atoms with Crippen molar-refractivity contribution in [2.24, 2.45) is 0 Å². The first kappa shape index (κ1) is 13.4. The summed E-state index contributed by atoms with van der Waals surface area (Å²) in [5.41, 5.74) is 0.688. The predicted octanol–water partition coefficient (Wildman–Crippen LogP) is 1.42. The zero-order valence-electron chi connectivity index (χ0n) is 10.0. The maximum atomic E-state index is 11.8. The highest BCUT2D eigenvalue weighted by molar-refractivity contribution is 8.14. The second kappa shape index (κ2) is 5.31. The van der Waals surface area contributed by atoms with E-state index in [4.69, 9.17) is 9.84 Å². The highest BCUT2D eigenvalue weighted by Crippen LogP contribution is 2.22. The van der Waals surface area contributed by atoms with E-state index in [0.29, 0.717) is 0 Å². The predicted molar refractivity (Wildman–Crippen MR) is 68.6 cm³/mol. The Hall–Kier alpha value is -2.02. The van der Waals surface area contributed by atoms with Gasteiger partial charge < -0.3 is 15.2 Å². The molecule has 1 aromatic carbocycles. The summed E-state index contributed by atoms with van der Waals surface area (Å²) in [6.45, 7) is 1.76. The average Bonchev–Trinajstić information content (AvgIpc) is 2.75. The van der Waals surface area contributed by atoms with E-state index < -0.39 is 18.0 Å². The fourth-order valence-electron chi connectivity index (χ4n) is 1.58. The lowest BCUT2D eigenvalue weighted by Crippen LogP contribution is -2.37. The van der Waals surface area contributed by atoms with Crippen LogP contribution in [0.4, 0.5) is 4.79 Å². The zero-order valence-corrected chi connectivity index (χ0v) is 10.8. The summed E-state index contributed by atoms with van der Waals surface area (Å²) < 4.78 is 5.07. The molecule has 1 fully saturated rings. The van der Waals surface area contributed by atoms with Crippen LogP contribution >= 0.6 is 11.8 Å². The third-order valence-corrected chi connectivity index (χ3v) is 3.42. The molecule has 1 amide bonds. The van der Waals surface area contributed by atoms with Crippen LogP contribution in [0.2, 0.25) is 0 Å². The largest absolute Gasteiger partial charge is 0.478 e. The molecule has 1 aliphatic rings. The first-order chi connectivity index (χ1) is 8.97. The zero-order chi connectivity index (χ0) is 14.0. The number of esters is 1. The van der Waals surface area contributed by atoms with Gasteiger partial charge >= 0.3 is 11.9 Å². The molecule has 1 saturated heterocycles. The Kier molecular flexibility index (Phi) is 3.75. The molecule has 1 heterocycles. The molecule has 1 unspecified atom stereocenters. The van der Waals surface area contributed by atoms with E-state index in [1.165, 1.54) is 12.1 Å². The molecule has 19 heavy (non-hydrogen) atoms. The van der Waals surface area contributed by atoms with Crippen LogP contribution in [0.3, 0.4) is 0 Å². The Morgan fingerprint density at radius 2 is 2.21 bits per heavy atom. The van der Waals surface area contributed by atoms with Gasteiger partial charge in [0.1, 0.15) is 17.4 Å². The minimum Gasteiger partial charge on any atom is -0.478 e. The molecule has 0 radical (unpaired) electrons. The van der Waals surface area contributed by atoms with Gasteiger partial charge in [0.05, 0.1) is 0 Å². The molecule has 0 aromatic heterocycles. The molecule has 7 heteroatoms. The van der Waals surface area contributed by atoms with Gasteiger partial charge in [0, 0.05) is 5.75 Å². The normalized spacial score (nSPS) is 17.9. The van der Waals surface area contributed by atoms with E-state index in [1.54, 1.807) is 13.0 Å². The number of carbonyl (C=O) groups excluding carboxylic acids is 2. The van der Waals surface area contributed by atoms with Gasteiger partial charge in [0.2, 0.25) is 0 Å². The quantitative estimate of drug-likeness (QED) is 0.643. The Morgan fingerprint density at radius 1 is 1.47 bits per heavy atom. The van der Waals surface area contributed by atoms with E-state index in [9.17, 15) is 14.4 Å². The molecular weight excluding hydrogens is 270 g/mol. The maximum absolute atomic E-state index is 11.8. The van der Waals surface area contributed by atoms with E-state index in [1.807, 2.05) is 0 Å². The molecular formula is C12H11NO5S. The summed E-state index contributed by atoms with van der Waals surface area (Å²) in [4.78, 5) is 33.8. The van der Waals surface area contributed by atoms with E-state index >= 15 is 0 Å². The van der Waals surface area contributed by atoms with Gasteiger partial charge in [-0.3, -0.25) is 4.79 Å². The number of nitrogens with one attached hydrogen (secondary N) is 1. The number of carbonyl (C=O) groups is 3. The van der Waals surface area contributed by atoms with Gasteiger partial charge in [-0.15, -0.1) is 0 Å². The lowest BCUT2D eigenvalue weighted by atomic mass is 10.1. The van der Waals surface area contributed by atoms with Gasteiger partial charge in [-0.2, -0.15) is 0 Å².